The van der Waals surface area contributed by atoms with Crippen LogP contribution in [0.1, 0.15) is 0 Å². The van der Waals surface area contributed by atoms with Crippen LogP contribution in [-0.2, 0) is 0 Å². The molecule has 0 aliphatic rings. The fraction of sp³-hybridized carbons (Fsp3) is 0. The summed E-state index contributed by atoms with van der Waals surface area (Å²) in [5.74, 6) is 0. The molecule has 0 aliphatic carbocycles. The van der Waals surface area contributed by atoms with Crippen molar-refractivity contribution in [2.45, 2.75) is 0 Å². The van der Waals surface area contributed by atoms with Gasteiger partial charge in [-0.15, -0.1) is 0 Å². The second-order valence-electron chi connectivity index (χ2n) is 15.8. The summed E-state index contributed by atoms with van der Waals surface area (Å²) in [6, 6.07) is 77.5. The lowest BCUT2D eigenvalue weighted by molar-refractivity contribution is 1.12. The molecule has 0 atom stereocenters. The van der Waals surface area contributed by atoms with E-state index in [1.807, 2.05) is 0 Å². The van der Waals surface area contributed by atoms with Gasteiger partial charge in [-0.3, -0.25) is 4.57 Å². The SMILES string of the molecule is c1ccc(N(c2ccccc2)c2ccc(-n3c4ccccc4c4nc5c(-n6c7ccccc7c7ccccc76)ccc(-n6c7ccccc7c7ccccc76)c5nc43)cc2)cc1. The average molecular weight is 793 g/mol. The van der Waals surface area contributed by atoms with E-state index < -0.39 is 0 Å². The maximum Gasteiger partial charge on any atom is 0.165 e. The molecule has 13 aromatic rings. The molecule has 4 aromatic heterocycles. The van der Waals surface area contributed by atoms with Crippen LogP contribution in [-0.4, -0.2) is 23.7 Å². The van der Waals surface area contributed by atoms with Gasteiger partial charge >= 0.3 is 0 Å². The lowest BCUT2D eigenvalue weighted by Crippen LogP contribution is -2.09. The molecule has 6 nitrogen and oxygen atoms in total. The highest BCUT2D eigenvalue weighted by Gasteiger charge is 2.24. The Morgan fingerprint density at radius 1 is 0.274 bits per heavy atom. The van der Waals surface area contributed by atoms with E-state index in [4.69, 9.17) is 9.97 Å². The highest BCUT2D eigenvalue weighted by molar-refractivity contribution is 6.14. The first-order valence-electron chi connectivity index (χ1n) is 21.0. The molecule has 62 heavy (non-hydrogen) atoms. The van der Waals surface area contributed by atoms with Crippen molar-refractivity contribution in [3.05, 3.63) is 218 Å². The second kappa shape index (κ2) is 13.5. The quantitative estimate of drug-likeness (QED) is 0.168. The van der Waals surface area contributed by atoms with Gasteiger partial charge in [0.25, 0.3) is 0 Å². The van der Waals surface area contributed by atoms with Gasteiger partial charge in [-0.2, -0.15) is 0 Å². The topological polar surface area (TPSA) is 43.8 Å². The van der Waals surface area contributed by atoms with Crippen LogP contribution in [0.4, 0.5) is 17.1 Å². The first-order valence-corrected chi connectivity index (χ1v) is 21.0. The van der Waals surface area contributed by atoms with E-state index in [0.717, 1.165) is 89.3 Å². The van der Waals surface area contributed by atoms with E-state index in [-0.39, 0.29) is 0 Å². The summed E-state index contributed by atoms with van der Waals surface area (Å²) in [6.07, 6.45) is 0. The fourth-order valence-electron chi connectivity index (χ4n) is 9.76. The molecule has 0 radical (unpaired) electrons. The number of benzene rings is 9. The zero-order chi connectivity index (χ0) is 40.7. The molecule has 0 bridgehead atoms. The lowest BCUT2D eigenvalue weighted by atomic mass is 10.1. The van der Waals surface area contributed by atoms with E-state index in [1.165, 1.54) is 21.5 Å². The maximum atomic E-state index is 5.80. The van der Waals surface area contributed by atoms with Crippen molar-refractivity contribution in [2.75, 3.05) is 4.90 Å². The third-order valence-corrected chi connectivity index (χ3v) is 12.4. The van der Waals surface area contributed by atoms with E-state index in [1.54, 1.807) is 0 Å². The minimum atomic E-state index is 0.802. The lowest BCUT2D eigenvalue weighted by Gasteiger charge is -2.25. The van der Waals surface area contributed by atoms with Crippen molar-refractivity contribution in [1.82, 2.24) is 23.7 Å². The van der Waals surface area contributed by atoms with Crippen LogP contribution in [0.5, 0.6) is 0 Å². The van der Waals surface area contributed by atoms with Crippen LogP contribution in [0, 0.1) is 0 Å². The van der Waals surface area contributed by atoms with Crippen LogP contribution < -0.4 is 4.90 Å². The Morgan fingerprint density at radius 2 is 0.629 bits per heavy atom. The minimum absolute atomic E-state index is 0.802. The van der Waals surface area contributed by atoms with Gasteiger partial charge in [-0.25, -0.2) is 9.97 Å². The summed E-state index contributed by atoms with van der Waals surface area (Å²) in [4.78, 5) is 13.8. The van der Waals surface area contributed by atoms with E-state index in [2.05, 4.69) is 237 Å². The Bertz CT molecular complexity index is 3710. The van der Waals surface area contributed by atoms with Gasteiger partial charge in [0.2, 0.25) is 0 Å². The normalized spacial score (nSPS) is 11.9. The molecular formula is C56H36N6. The van der Waals surface area contributed by atoms with Crippen LogP contribution in [0.2, 0.25) is 0 Å². The Morgan fingerprint density at radius 3 is 1.08 bits per heavy atom. The largest absolute Gasteiger partial charge is 0.311 e. The monoisotopic (exact) mass is 792 g/mol. The van der Waals surface area contributed by atoms with Gasteiger partial charge in [0.1, 0.15) is 16.6 Å². The Hall–Kier alpha value is -8.48. The minimum Gasteiger partial charge on any atom is -0.311 e. The van der Waals surface area contributed by atoms with Crippen molar-refractivity contribution < 1.29 is 0 Å². The molecule has 0 saturated heterocycles. The van der Waals surface area contributed by atoms with Gasteiger partial charge in [-0.1, -0.05) is 127 Å². The number of fused-ring (bicyclic) bond motifs is 10. The van der Waals surface area contributed by atoms with Crippen LogP contribution in [0.3, 0.4) is 0 Å². The molecule has 0 spiro atoms. The second-order valence-corrected chi connectivity index (χ2v) is 15.8. The van der Waals surface area contributed by atoms with Gasteiger partial charge in [0.05, 0.1) is 39.0 Å². The third-order valence-electron chi connectivity index (χ3n) is 12.4. The first-order chi connectivity index (χ1) is 30.8. The Balaban J connectivity index is 1.11. The smallest absolute Gasteiger partial charge is 0.165 e. The van der Waals surface area contributed by atoms with E-state index >= 15 is 0 Å². The van der Waals surface area contributed by atoms with Gasteiger partial charge in [0.15, 0.2) is 5.65 Å². The van der Waals surface area contributed by atoms with Crippen LogP contribution in [0.15, 0.2) is 218 Å². The summed E-state index contributed by atoms with van der Waals surface area (Å²) in [6.45, 7) is 0. The number of hydrogen-bond acceptors (Lipinski definition) is 3. The summed E-state index contributed by atoms with van der Waals surface area (Å²) in [5, 5.41) is 5.86. The van der Waals surface area contributed by atoms with E-state index in [0.29, 0.717) is 0 Å². The Kier molecular flexibility index (Phi) is 7.50. The average Bonchev–Trinajstić information content (AvgIpc) is 3.97. The van der Waals surface area contributed by atoms with Crippen LogP contribution >= 0.6 is 0 Å². The molecular weight excluding hydrogens is 757 g/mol. The predicted molar refractivity (Wildman–Crippen MR) is 257 cm³/mol. The van der Waals surface area contributed by atoms with Gasteiger partial charge in [-0.05, 0) is 91.0 Å². The molecule has 0 fully saturated rings. The predicted octanol–water partition coefficient (Wildman–Crippen LogP) is 14.4. The van der Waals surface area contributed by atoms with Crippen molar-refractivity contribution in [3.63, 3.8) is 0 Å². The molecule has 0 unspecified atom stereocenters. The molecule has 9 aromatic carbocycles. The van der Waals surface area contributed by atoms with E-state index in [9.17, 15) is 0 Å². The highest BCUT2D eigenvalue weighted by Crippen LogP contribution is 2.41. The number of rotatable bonds is 6. The van der Waals surface area contributed by atoms with Crippen molar-refractivity contribution >= 4 is 93.8 Å². The highest BCUT2D eigenvalue weighted by atomic mass is 15.1. The number of nitrogens with zero attached hydrogens (tertiary/aromatic N) is 6. The number of para-hydroxylation sites is 7. The van der Waals surface area contributed by atoms with Gasteiger partial charge in [0, 0.05) is 49.7 Å². The summed E-state index contributed by atoms with van der Waals surface area (Å²) >= 11 is 0. The standard InChI is InChI=1S/C56H36N6/c1-3-17-37(18-4-1)59(38-19-5-2-6-20-38)39-31-33-40(34-32-39)60-50-30-16-11-25-45(50)53-56(60)58-55-52(62-48-28-14-9-23-43(48)44-24-10-15-29-49(44)62)36-35-51(54(55)57-53)61-46-26-12-7-21-41(46)42-22-8-13-27-47(42)61/h1-36H. The molecule has 0 amide bonds. The summed E-state index contributed by atoms with van der Waals surface area (Å²) in [5.41, 5.74) is 15.1. The van der Waals surface area contributed by atoms with Crippen LogP contribution in [0.25, 0.3) is 93.8 Å². The first kappa shape index (κ1) is 34.4. The molecule has 13 rings (SSSR count). The Labute approximate surface area is 356 Å². The molecule has 0 saturated carbocycles. The fourth-order valence-corrected chi connectivity index (χ4v) is 9.76. The number of anilines is 3. The zero-order valence-corrected chi connectivity index (χ0v) is 33.5. The molecule has 0 N–H and O–H groups in total. The van der Waals surface area contributed by atoms with Crippen molar-refractivity contribution in [1.29, 1.82) is 0 Å². The van der Waals surface area contributed by atoms with Crippen molar-refractivity contribution in [2.24, 2.45) is 0 Å². The summed E-state index contributed by atoms with van der Waals surface area (Å²) in [7, 11) is 0. The molecule has 4 heterocycles. The third kappa shape index (κ3) is 5.04. The molecule has 6 heteroatoms. The number of hydrogen-bond donors (Lipinski definition) is 0. The van der Waals surface area contributed by atoms with Gasteiger partial charge < -0.3 is 14.0 Å². The summed E-state index contributed by atoms with van der Waals surface area (Å²) < 4.78 is 7.01. The maximum absolute atomic E-state index is 5.80. The number of aromatic nitrogens is 5. The molecule has 290 valence electrons. The zero-order valence-electron chi connectivity index (χ0n) is 33.5. The molecule has 0 aliphatic heterocycles. The van der Waals surface area contributed by atoms with Crippen molar-refractivity contribution in [3.8, 4) is 17.1 Å².